The lowest BCUT2D eigenvalue weighted by atomic mass is 10.0. The van der Waals surface area contributed by atoms with Crippen LogP contribution in [-0.4, -0.2) is 82.3 Å². The maximum absolute atomic E-state index is 12.9. The molecule has 510 valence electrons. The van der Waals surface area contributed by atoms with Crippen molar-refractivity contribution in [2.45, 2.75) is 322 Å². The number of carbonyl (C=O) groups is 3. The molecular formula is C80H137NO8. The summed E-state index contributed by atoms with van der Waals surface area (Å²) in [5.41, 5.74) is 0. The maximum atomic E-state index is 12.9. The fourth-order valence-corrected chi connectivity index (χ4v) is 10.1. The van der Waals surface area contributed by atoms with Crippen molar-refractivity contribution < 1.29 is 42.9 Å². The minimum atomic E-state index is -1.63. The highest BCUT2D eigenvalue weighted by molar-refractivity contribution is 5.70. The predicted octanol–water partition coefficient (Wildman–Crippen LogP) is 21.8. The molecule has 0 rings (SSSR count). The number of aliphatic carboxylic acids is 1. The number of esters is 2. The number of quaternary nitrogens is 1. The molecule has 9 nitrogen and oxygen atoms in total. The van der Waals surface area contributed by atoms with Gasteiger partial charge in [-0.3, -0.25) is 9.59 Å². The highest BCUT2D eigenvalue weighted by Crippen LogP contribution is 2.17. The number of carboxylic acids is 1. The van der Waals surface area contributed by atoms with Gasteiger partial charge in [0.15, 0.2) is 12.4 Å². The third-order valence-corrected chi connectivity index (χ3v) is 15.7. The third kappa shape index (κ3) is 71.0. The Bertz CT molecular complexity index is 1880. The van der Waals surface area contributed by atoms with Crippen molar-refractivity contribution in [1.29, 1.82) is 0 Å². The van der Waals surface area contributed by atoms with Gasteiger partial charge < -0.3 is 33.3 Å². The normalized spacial score (nSPS) is 13.4. The molecule has 0 aliphatic rings. The lowest BCUT2D eigenvalue weighted by molar-refractivity contribution is -0.870. The van der Waals surface area contributed by atoms with Gasteiger partial charge in [0, 0.05) is 12.8 Å². The van der Waals surface area contributed by atoms with E-state index < -0.39 is 24.3 Å². The predicted molar refractivity (Wildman–Crippen MR) is 380 cm³/mol. The molecule has 2 unspecified atom stereocenters. The van der Waals surface area contributed by atoms with Crippen molar-refractivity contribution >= 4 is 17.9 Å². The Morgan fingerprint density at radius 3 is 0.955 bits per heavy atom. The Balaban J connectivity index is 4.14. The Labute approximate surface area is 548 Å². The van der Waals surface area contributed by atoms with E-state index in [1.807, 2.05) is 21.1 Å². The van der Waals surface area contributed by atoms with Gasteiger partial charge in [-0.15, -0.1) is 0 Å². The first-order valence-electron chi connectivity index (χ1n) is 36.7. The fourth-order valence-electron chi connectivity index (χ4n) is 10.1. The topological polar surface area (TPSA) is 111 Å². The fraction of sp³-hybridized carbons (Fsp3) is 0.713. The smallest absolute Gasteiger partial charge is 0.306 e. The van der Waals surface area contributed by atoms with Gasteiger partial charge in [-0.2, -0.15) is 0 Å². The van der Waals surface area contributed by atoms with Crippen molar-refractivity contribution in [3.63, 3.8) is 0 Å². The summed E-state index contributed by atoms with van der Waals surface area (Å²) in [7, 11) is 5.93. The zero-order chi connectivity index (χ0) is 64.7. The van der Waals surface area contributed by atoms with Gasteiger partial charge in [-0.1, -0.05) is 309 Å². The van der Waals surface area contributed by atoms with E-state index in [-0.39, 0.29) is 38.6 Å². The molecule has 0 spiro atoms. The van der Waals surface area contributed by atoms with Gasteiger partial charge in [-0.05, 0) is 109 Å². The molecule has 0 aliphatic carbocycles. The van der Waals surface area contributed by atoms with Crippen molar-refractivity contribution in [1.82, 2.24) is 0 Å². The van der Waals surface area contributed by atoms with Crippen LogP contribution < -0.4 is 5.11 Å². The second-order valence-electron chi connectivity index (χ2n) is 25.5. The van der Waals surface area contributed by atoms with Crippen LogP contribution in [0, 0.1) is 0 Å². The Morgan fingerprint density at radius 1 is 0.348 bits per heavy atom. The van der Waals surface area contributed by atoms with Crippen molar-refractivity contribution in [3.8, 4) is 0 Å². The Kier molecular flexibility index (Phi) is 66.2. The summed E-state index contributed by atoms with van der Waals surface area (Å²) in [6.07, 6.45) is 95.7. The second-order valence-corrected chi connectivity index (χ2v) is 25.5. The highest BCUT2D eigenvalue weighted by atomic mass is 16.7. The van der Waals surface area contributed by atoms with Crippen LogP contribution in [0.3, 0.4) is 0 Å². The number of nitrogens with zero attached hydrogens (tertiary/aromatic N) is 1. The molecule has 0 aromatic heterocycles. The van der Waals surface area contributed by atoms with E-state index in [4.69, 9.17) is 18.9 Å². The van der Waals surface area contributed by atoms with Crippen molar-refractivity contribution in [3.05, 3.63) is 122 Å². The molecule has 89 heavy (non-hydrogen) atoms. The summed E-state index contributed by atoms with van der Waals surface area (Å²) >= 11 is 0. The van der Waals surface area contributed by atoms with Crippen LogP contribution in [0.5, 0.6) is 0 Å². The number of unbranched alkanes of at least 4 members (excludes halogenated alkanes) is 32. The molecule has 0 aromatic carbocycles. The number of carbonyl (C=O) groups excluding carboxylic acids is 3. The van der Waals surface area contributed by atoms with Crippen LogP contribution in [0.2, 0.25) is 0 Å². The van der Waals surface area contributed by atoms with Crippen LogP contribution in [0.1, 0.15) is 309 Å². The monoisotopic (exact) mass is 1240 g/mol. The second kappa shape index (κ2) is 69.6. The van der Waals surface area contributed by atoms with E-state index in [2.05, 4.69) is 135 Å². The molecule has 0 heterocycles. The summed E-state index contributed by atoms with van der Waals surface area (Å²) in [4.78, 5) is 37.5. The van der Waals surface area contributed by atoms with Gasteiger partial charge in [0.2, 0.25) is 0 Å². The Hall–Kier alpha value is -4.31. The SMILES string of the molecule is CC/C=C\C/C=C\C/C=C\C/C=C\C/C=C\C/C=C\C/C=C\C/C=C\CCCCCCCCCCC(=O)OC(COC(=O)CCCCCCCCCCCCCCCCCCCCC/C=C\C/C=C\CCCCCCC)COC(OCC[N+](C)(C)C)C(=O)[O-]. The van der Waals surface area contributed by atoms with Gasteiger partial charge in [-0.25, -0.2) is 0 Å². The van der Waals surface area contributed by atoms with E-state index in [1.165, 1.54) is 173 Å². The molecule has 2 atom stereocenters. The van der Waals surface area contributed by atoms with E-state index >= 15 is 0 Å². The van der Waals surface area contributed by atoms with E-state index in [9.17, 15) is 19.5 Å². The molecule has 9 heteroatoms. The van der Waals surface area contributed by atoms with Crippen LogP contribution in [-0.2, 0) is 33.3 Å². The van der Waals surface area contributed by atoms with E-state index in [1.54, 1.807) is 0 Å². The van der Waals surface area contributed by atoms with Crippen LogP contribution in [0.4, 0.5) is 0 Å². The quantitative estimate of drug-likeness (QED) is 0.0195. The zero-order valence-corrected chi connectivity index (χ0v) is 58.3. The number of hydrogen-bond donors (Lipinski definition) is 0. The maximum Gasteiger partial charge on any atom is 0.306 e. The number of rotatable bonds is 67. The number of ether oxygens (including phenoxy) is 4. The standard InChI is InChI=1S/C80H137NO8/c1-6-8-10-12-14-16-18-20-22-24-26-28-30-32-34-36-38-39-41-43-45-47-49-51-53-55-57-59-61-63-65-67-69-71-78(83)89-76(75-88-80(79(84)85)86-73-72-81(3,4)5)74-87-77(82)70-68-66-64-62-60-58-56-54-52-50-48-46-44-42-40-37-35-33-31-29-27-25-23-21-19-17-15-13-11-9-7-2/h8,10,14,16,19-22,25-28,32,34,38-39,43,45,49,51,76,80H,6-7,9,11-13,15,17-18,23-24,29-31,33,35-37,40-42,44,46-48,50,52-75H2,1-5H3/b10-8-,16-14-,21-19-,22-20-,27-25-,28-26-,34-32-,39-38-,45-43-,51-49-. The van der Waals surface area contributed by atoms with Crippen LogP contribution in [0.25, 0.3) is 0 Å². The number of allylic oxidation sites excluding steroid dienone is 20. The first-order valence-corrected chi connectivity index (χ1v) is 36.7. The minimum absolute atomic E-state index is 0.141. The lowest BCUT2D eigenvalue weighted by Crippen LogP contribution is -2.44. The van der Waals surface area contributed by atoms with Crippen molar-refractivity contribution in [2.24, 2.45) is 0 Å². The molecule has 0 radical (unpaired) electrons. The highest BCUT2D eigenvalue weighted by Gasteiger charge is 2.22. The van der Waals surface area contributed by atoms with Gasteiger partial charge in [0.05, 0.1) is 40.3 Å². The summed E-state index contributed by atoms with van der Waals surface area (Å²) in [5, 5.41) is 11.8. The van der Waals surface area contributed by atoms with E-state index in [0.717, 1.165) is 103 Å². The Morgan fingerprint density at radius 2 is 0.640 bits per heavy atom. The zero-order valence-electron chi connectivity index (χ0n) is 58.3. The van der Waals surface area contributed by atoms with Gasteiger partial charge in [0.1, 0.15) is 13.2 Å². The largest absolute Gasteiger partial charge is 0.545 e. The van der Waals surface area contributed by atoms with Crippen molar-refractivity contribution in [2.75, 3.05) is 47.5 Å². The summed E-state index contributed by atoms with van der Waals surface area (Å²) in [5.74, 6) is -2.29. The van der Waals surface area contributed by atoms with Crippen LogP contribution in [0.15, 0.2) is 122 Å². The summed E-state index contributed by atoms with van der Waals surface area (Å²) in [6, 6.07) is 0. The first-order chi connectivity index (χ1) is 43.6. The molecule has 0 N–H and O–H groups in total. The summed E-state index contributed by atoms with van der Waals surface area (Å²) in [6.45, 7) is 4.64. The van der Waals surface area contributed by atoms with E-state index in [0.29, 0.717) is 17.4 Å². The molecule has 0 aromatic rings. The molecule has 0 saturated carbocycles. The molecule has 0 amide bonds. The molecule has 0 fully saturated rings. The average molecular weight is 1240 g/mol. The third-order valence-electron chi connectivity index (χ3n) is 15.7. The average Bonchev–Trinajstić information content (AvgIpc) is 3.64. The minimum Gasteiger partial charge on any atom is -0.545 e. The summed E-state index contributed by atoms with van der Waals surface area (Å²) < 4.78 is 22.8. The van der Waals surface area contributed by atoms with Gasteiger partial charge >= 0.3 is 11.9 Å². The first kappa shape index (κ1) is 84.7. The molecular weight excluding hydrogens is 1100 g/mol. The number of hydrogen-bond acceptors (Lipinski definition) is 8. The molecule has 0 saturated heterocycles. The molecule has 0 aliphatic heterocycles. The van der Waals surface area contributed by atoms with Crippen LogP contribution >= 0.6 is 0 Å². The van der Waals surface area contributed by atoms with Gasteiger partial charge in [0.25, 0.3) is 0 Å². The number of carboxylic acid groups (broad SMARTS) is 1. The molecule has 0 bridgehead atoms. The number of likely N-dealkylation sites (N-methyl/N-ethyl adjacent to an activating group) is 1. The lowest BCUT2D eigenvalue weighted by Gasteiger charge is -2.26.